The molecule has 0 aromatic rings. The Kier molecular flexibility index (Phi) is 10.1. The fraction of sp³-hybridized carbons (Fsp3) is 0.500. The Hall–Kier alpha value is -1.27. The van der Waals surface area contributed by atoms with Crippen LogP contribution in [0.2, 0.25) is 0 Å². The van der Waals surface area contributed by atoms with Crippen LogP contribution in [0.4, 0.5) is 0 Å². The molecule has 0 rings (SSSR count). The SMILES string of the molecule is O=C([O-])CC(O)(CC(=O)OC(=O)CC(O)C(=O)O)C(=O)[O-].[Ca+2]. The topological polar surface area (TPSA) is 201 Å². The van der Waals surface area contributed by atoms with Crippen molar-refractivity contribution in [2.75, 3.05) is 0 Å². The molecule has 0 fully saturated rings. The molecular formula is C10H10CaO11. The predicted molar refractivity (Wildman–Crippen MR) is 59.3 cm³/mol. The van der Waals surface area contributed by atoms with Crippen LogP contribution in [-0.4, -0.2) is 94.6 Å². The van der Waals surface area contributed by atoms with Gasteiger partial charge in [-0.15, -0.1) is 0 Å². The average molecular weight is 346 g/mol. The zero-order chi connectivity index (χ0) is 16.8. The summed E-state index contributed by atoms with van der Waals surface area (Å²) in [5, 5.41) is 47.3. The number of esters is 2. The number of carboxylic acid groups (broad SMARTS) is 3. The number of aliphatic hydroxyl groups is 2. The van der Waals surface area contributed by atoms with Crippen LogP contribution in [0, 0.1) is 0 Å². The summed E-state index contributed by atoms with van der Waals surface area (Å²) >= 11 is 0. The number of carbonyl (C=O) groups is 5. The molecule has 11 nitrogen and oxygen atoms in total. The second-order valence-corrected chi connectivity index (χ2v) is 3.95. The zero-order valence-corrected chi connectivity index (χ0v) is 13.2. The van der Waals surface area contributed by atoms with E-state index in [1.807, 2.05) is 0 Å². The van der Waals surface area contributed by atoms with Gasteiger partial charge in [0, 0.05) is 12.4 Å². The predicted octanol–water partition coefficient (Wildman–Crippen LogP) is -5.48. The normalized spacial score (nSPS) is 13.9. The van der Waals surface area contributed by atoms with E-state index in [1.54, 1.807) is 0 Å². The number of ether oxygens (including phenoxy) is 1. The van der Waals surface area contributed by atoms with Gasteiger partial charge in [0.15, 0.2) is 6.10 Å². The minimum atomic E-state index is -3.15. The molecule has 22 heavy (non-hydrogen) atoms. The molecule has 0 aromatic carbocycles. The van der Waals surface area contributed by atoms with Crippen LogP contribution in [0.25, 0.3) is 0 Å². The molecule has 0 bridgehead atoms. The molecule has 0 heterocycles. The van der Waals surface area contributed by atoms with E-state index in [4.69, 9.17) is 10.2 Å². The molecule has 0 spiro atoms. The largest absolute Gasteiger partial charge is 2.00 e. The second-order valence-electron chi connectivity index (χ2n) is 3.95. The van der Waals surface area contributed by atoms with E-state index >= 15 is 0 Å². The van der Waals surface area contributed by atoms with Crippen molar-refractivity contribution >= 4 is 67.6 Å². The maximum Gasteiger partial charge on any atom is 2.00 e. The van der Waals surface area contributed by atoms with Crippen LogP contribution in [-0.2, 0) is 28.7 Å². The first-order valence-electron chi connectivity index (χ1n) is 5.26. The fourth-order valence-electron chi connectivity index (χ4n) is 1.13. The molecule has 12 heteroatoms. The fourth-order valence-corrected chi connectivity index (χ4v) is 1.13. The molecule has 2 unspecified atom stereocenters. The Morgan fingerprint density at radius 2 is 1.55 bits per heavy atom. The molecule has 118 valence electrons. The van der Waals surface area contributed by atoms with Crippen LogP contribution in [0.3, 0.4) is 0 Å². The van der Waals surface area contributed by atoms with Gasteiger partial charge < -0.3 is 39.9 Å². The molecule has 0 radical (unpaired) electrons. The average Bonchev–Trinajstić information content (AvgIpc) is 2.26. The van der Waals surface area contributed by atoms with Crippen LogP contribution < -0.4 is 10.2 Å². The number of carbonyl (C=O) groups excluding carboxylic acids is 4. The van der Waals surface area contributed by atoms with Crippen molar-refractivity contribution in [3.63, 3.8) is 0 Å². The zero-order valence-electron chi connectivity index (χ0n) is 11.0. The number of carboxylic acids is 3. The smallest absolute Gasteiger partial charge is 0.550 e. The maximum atomic E-state index is 11.2. The van der Waals surface area contributed by atoms with Crippen LogP contribution >= 0.6 is 0 Å². The molecule has 0 aliphatic rings. The van der Waals surface area contributed by atoms with E-state index in [-0.39, 0.29) is 37.7 Å². The van der Waals surface area contributed by atoms with Gasteiger partial charge in [0.05, 0.1) is 18.8 Å². The summed E-state index contributed by atoms with van der Waals surface area (Å²) in [7, 11) is 0. The van der Waals surface area contributed by atoms with Gasteiger partial charge in [0.2, 0.25) is 0 Å². The molecule has 0 amide bonds. The van der Waals surface area contributed by atoms with E-state index in [1.165, 1.54) is 0 Å². The molecule has 0 aliphatic heterocycles. The van der Waals surface area contributed by atoms with Gasteiger partial charge in [0.1, 0.15) is 5.60 Å². The Bertz CT molecular complexity index is 473. The molecule has 0 saturated heterocycles. The molecule has 3 N–H and O–H groups in total. The van der Waals surface area contributed by atoms with E-state index in [0.29, 0.717) is 0 Å². The monoisotopic (exact) mass is 346 g/mol. The van der Waals surface area contributed by atoms with Crippen molar-refractivity contribution in [1.29, 1.82) is 0 Å². The van der Waals surface area contributed by atoms with E-state index in [9.17, 15) is 39.3 Å². The van der Waals surface area contributed by atoms with Crippen LogP contribution in [0.5, 0.6) is 0 Å². The number of hydrogen-bond donors (Lipinski definition) is 3. The van der Waals surface area contributed by atoms with Gasteiger partial charge in [0.25, 0.3) is 0 Å². The summed E-state index contributed by atoms with van der Waals surface area (Å²) in [5.74, 6) is -9.22. The van der Waals surface area contributed by atoms with Gasteiger partial charge in [-0.05, 0) is 0 Å². The minimum Gasteiger partial charge on any atom is -0.550 e. The third-order valence-corrected chi connectivity index (χ3v) is 2.13. The maximum absolute atomic E-state index is 11.2. The number of rotatable bonds is 8. The van der Waals surface area contributed by atoms with E-state index in [0.717, 1.165) is 0 Å². The summed E-state index contributed by atoms with van der Waals surface area (Å²) in [6.45, 7) is 0. The Balaban J connectivity index is 0. The van der Waals surface area contributed by atoms with Gasteiger partial charge in [-0.25, -0.2) is 4.79 Å². The Labute approximate surface area is 152 Å². The second kappa shape index (κ2) is 9.69. The molecule has 2 atom stereocenters. The van der Waals surface area contributed by atoms with Gasteiger partial charge in [-0.2, -0.15) is 0 Å². The van der Waals surface area contributed by atoms with E-state index < -0.39 is 60.8 Å². The first-order valence-corrected chi connectivity index (χ1v) is 5.26. The standard InChI is InChI=1S/C10H12O11.Ca/c11-4(8(16)17)1-6(14)21-7(15)3-10(20,9(18)19)2-5(12)13;/h4,11,20H,1-3H2,(H,12,13)(H,16,17)(H,18,19);/q;+2/p-2. The number of aliphatic hydroxyl groups excluding tert-OH is 1. The summed E-state index contributed by atoms with van der Waals surface area (Å²) < 4.78 is 3.93. The van der Waals surface area contributed by atoms with Gasteiger partial charge in [-0.1, -0.05) is 0 Å². The van der Waals surface area contributed by atoms with Crippen molar-refractivity contribution in [1.82, 2.24) is 0 Å². The quantitative estimate of drug-likeness (QED) is 0.215. The van der Waals surface area contributed by atoms with Gasteiger partial charge >= 0.3 is 55.6 Å². The molecule has 0 aromatic heterocycles. The number of aliphatic carboxylic acids is 3. The summed E-state index contributed by atoms with van der Waals surface area (Å²) in [4.78, 5) is 53.2. The van der Waals surface area contributed by atoms with Crippen LogP contribution in [0.1, 0.15) is 19.3 Å². The number of hydrogen-bond acceptors (Lipinski definition) is 10. The third kappa shape index (κ3) is 8.24. The molecular weight excluding hydrogens is 336 g/mol. The van der Waals surface area contributed by atoms with Crippen molar-refractivity contribution in [3.8, 4) is 0 Å². The third-order valence-electron chi connectivity index (χ3n) is 2.13. The van der Waals surface area contributed by atoms with Crippen molar-refractivity contribution < 1.29 is 54.2 Å². The van der Waals surface area contributed by atoms with E-state index in [2.05, 4.69) is 4.74 Å². The van der Waals surface area contributed by atoms with Gasteiger partial charge in [-0.3, -0.25) is 9.59 Å². The molecule has 0 saturated carbocycles. The van der Waals surface area contributed by atoms with Crippen LogP contribution in [0.15, 0.2) is 0 Å². The van der Waals surface area contributed by atoms with Crippen molar-refractivity contribution in [2.24, 2.45) is 0 Å². The minimum absolute atomic E-state index is 0. The molecule has 0 aliphatic carbocycles. The Morgan fingerprint density at radius 3 is 1.91 bits per heavy atom. The van der Waals surface area contributed by atoms with Crippen molar-refractivity contribution in [2.45, 2.75) is 31.0 Å². The first-order chi connectivity index (χ1) is 9.47. The summed E-state index contributed by atoms with van der Waals surface area (Å²) in [6.07, 6.45) is -6.19. The summed E-state index contributed by atoms with van der Waals surface area (Å²) in [5.41, 5.74) is -3.15. The summed E-state index contributed by atoms with van der Waals surface area (Å²) in [6, 6.07) is 0. The van der Waals surface area contributed by atoms with Crippen molar-refractivity contribution in [3.05, 3.63) is 0 Å². The Morgan fingerprint density at radius 1 is 1.05 bits per heavy atom. The first kappa shape index (κ1) is 23.0.